The fourth-order valence-electron chi connectivity index (χ4n) is 4.26. The first-order chi connectivity index (χ1) is 16.1. The summed E-state index contributed by atoms with van der Waals surface area (Å²) >= 11 is 6.13. The highest BCUT2D eigenvalue weighted by atomic mass is 35.5. The van der Waals surface area contributed by atoms with Crippen molar-refractivity contribution in [2.75, 3.05) is 13.7 Å². The number of nitrogens with zero attached hydrogens (tertiary/aromatic N) is 1. The number of rotatable bonds is 4. The molecule has 3 N–H and O–H groups in total. The topological polar surface area (TPSA) is 109 Å². The molecule has 0 aliphatic carbocycles. The molecular formula is C25H35ClN4O5. The van der Waals surface area contributed by atoms with Crippen molar-refractivity contribution in [3.05, 3.63) is 40.9 Å². The van der Waals surface area contributed by atoms with Crippen molar-refractivity contribution in [3.63, 3.8) is 0 Å². The lowest BCUT2D eigenvalue weighted by Gasteiger charge is -2.36. The Morgan fingerprint density at radius 3 is 2.49 bits per heavy atom. The number of esters is 1. The number of benzene rings is 1. The Kier molecular flexibility index (Phi) is 7.43. The van der Waals surface area contributed by atoms with E-state index in [0.717, 1.165) is 5.56 Å². The Bertz CT molecular complexity index is 1030. The van der Waals surface area contributed by atoms with Crippen molar-refractivity contribution in [2.45, 2.75) is 71.2 Å². The quantitative estimate of drug-likeness (QED) is 0.541. The number of halogens is 1. The molecule has 3 rings (SSSR count). The van der Waals surface area contributed by atoms with Gasteiger partial charge in [-0.3, -0.25) is 15.1 Å². The minimum atomic E-state index is -0.942. The Labute approximate surface area is 211 Å². The fourth-order valence-corrected chi connectivity index (χ4v) is 4.45. The highest BCUT2D eigenvalue weighted by Crippen LogP contribution is 2.39. The van der Waals surface area contributed by atoms with Crippen molar-refractivity contribution in [2.24, 2.45) is 5.41 Å². The van der Waals surface area contributed by atoms with E-state index in [1.807, 2.05) is 59.8 Å². The second-order valence-corrected chi connectivity index (χ2v) is 11.6. The summed E-state index contributed by atoms with van der Waals surface area (Å²) in [7, 11) is 1.28. The van der Waals surface area contributed by atoms with Gasteiger partial charge in [-0.1, -0.05) is 44.5 Å². The molecule has 0 bridgehead atoms. The van der Waals surface area contributed by atoms with Gasteiger partial charge >= 0.3 is 12.0 Å². The highest BCUT2D eigenvalue weighted by Gasteiger charge is 2.54. The van der Waals surface area contributed by atoms with Crippen LogP contribution in [0.3, 0.4) is 0 Å². The Hall–Kier alpha value is -2.78. The Morgan fingerprint density at radius 2 is 1.91 bits per heavy atom. The molecule has 192 valence electrons. The number of urea groups is 1. The van der Waals surface area contributed by atoms with Crippen LogP contribution >= 0.6 is 11.6 Å². The maximum Gasteiger partial charge on any atom is 0.328 e. The number of amides is 3. The summed E-state index contributed by atoms with van der Waals surface area (Å²) in [6.45, 7) is 11.2. The molecule has 0 saturated carbocycles. The first-order valence-electron chi connectivity index (χ1n) is 11.5. The van der Waals surface area contributed by atoms with Crippen molar-refractivity contribution >= 4 is 35.2 Å². The summed E-state index contributed by atoms with van der Waals surface area (Å²) in [5.41, 5.74) is 2.39. The first-order valence-corrected chi connectivity index (χ1v) is 11.9. The van der Waals surface area contributed by atoms with Gasteiger partial charge in [0.1, 0.15) is 17.7 Å². The van der Waals surface area contributed by atoms with Crippen LogP contribution in [0.2, 0.25) is 5.02 Å². The third-order valence-corrected chi connectivity index (χ3v) is 6.13. The molecule has 3 amide bonds. The van der Waals surface area contributed by atoms with Gasteiger partial charge in [0.2, 0.25) is 5.91 Å². The summed E-state index contributed by atoms with van der Waals surface area (Å²) in [4.78, 5) is 46.6. The zero-order chi connectivity index (χ0) is 26.2. The normalized spacial score (nSPS) is 22.9. The Balaban J connectivity index is 1.90. The average molecular weight is 507 g/mol. The van der Waals surface area contributed by atoms with Gasteiger partial charge in [0.05, 0.1) is 19.4 Å². The van der Waals surface area contributed by atoms with E-state index in [4.69, 9.17) is 21.2 Å². The van der Waals surface area contributed by atoms with Crippen LogP contribution in [0.15, 0.2) is 30.3 Å². The van der Waals surface area contributed by atoms with E-state index < -0.39 is 40.6 Å². The van der Waals surface area contributed by atoms with Crippen LogP contribution in [0.1, 0.15) is 53.5 Å². The number of carbonyl (C=O) groups excluding carboxylic acids is 3. The molecule has 2 aliphatic heterocycles. The third-order valence-electron chi connectivity index (χ3n) is 5.89. The molecule has 2 aliphatic rings. The number of methoxy groups -OCH3 is 1. The highest BCUT2D eigenvalue weighted by molar-refractivity contribution is 6.30. The number of ether oxygens (including phenoxy) is 1. The zero-order valence-electron chi connectivity index (χ0n) is 21.3. The van der Waals surface area contributed by atoms with Gasteiger partial charge in [-0.15, -0.1) is 0 Å². The zero-order valence-corrected chi connectivity index (χ0v) is 22.1. The molecule has 0 radical (unpaired) electrons. The molecule has 3 atom stereocenters. The first kappa shape index (κ1) is 26.8. The number of hydroxylamine groups is 1. The predicted molar refractivity (Wildman–Crippen MR) is 133 cm³/mol. The number of likely N-dealkylation sites (tertiary alicyclic amines) is 1. The van der Waals surface area contributed by atoms with E-state index in [9.17, 15) is 14.4 Å². The van der Waals surface area contributed by atoms with Crippen molar-refractivity contribution in [1.29, 1.82) is 0 Å². The number of hydrogen-bond donors (Lipinski definition) is 3. The van der Waals surface area contributed by atoms with Crippen LogP contribution in [0, 0.1) is 5.41 Å². The lowest BCUT2D eigenvalue weighted by atomic mass is 9.85. The maximum absolute atomic E-state index is 13.8. The molecule has 1 saturated heterocycles. The smallest absolute Gasteiger partial charge is 0.328 e. The van der Waals surface area contributed by atoms with E-state index in [2.05, 4.69) is 16.1 Å². The van der Waals surface area contributed by atoms with Crippen LogP contribution in [-0.2, 0) is 19.2 Å². The van der Waals surface area contributed by atoms with Crippen LogP contribution < -0.4 is 16.1 Å². The monoisotopic (exact) mass is 506 g/mol. The summed E-state index contributed by atoms with van der Waals surface area (Å²) in [6, 6.07) is 5.06. The van der Waals surface area contributed by atoms with Gasteiger partial charge in [-0.25, -0.2) is 9.59 Å². The molecule has 9 nitrogen and oxygen atoms in total. The van der Waals surface area contributed by atoms with Gasteiger partial charge in [-0.05, 0) is 44.4 Å². The summed E-state index contributed by atoms with van der Waals surface area (Å²) in [5.74, 6) is -0.933. The van der Waals surface area contributed by atoms with Crippen LogP contribution in [0.4, 0.5) is 4.79 Å². The van der Waals surface area contributed by atoms with Crippen molar-refractivity contribution in [1.82, 2.24) is 21.0 Å². The minimum Gasteiger partial charge on any atom is -0.467 e. The van der Waals surface area contributed by atoms with E-state index in [1.165, 1.54) is 12.0 Å². The summed E-state index contributed by atoms with van der Waals surface area (Å²) in [5, 5.41) is 6.21. The third kappa shape index (κ3) is 6.27. The van der Waals surface area contributed by atoms with Crippen LogP contribution in [0.5, 0.6) is 0 Å². The van der Waals surface area contributed by atoms with Crippen LogP contribution in [0.25, 0.3) is 5.70 Å². The second-order valence-electron chi connectivity index (χ2n) is 11.2. The van der Waals surface area contributed by atoms with E-state index in [1.54, 1.807) is 12.1 Å². The average Bonchev–Trinajstić information content (AvgIpc) is 3.33. The van der Waals surface area contributed by atoms with Crippen molar-refractivity contribution in [3.8, 4) is 0 Å². The van der Waals surface area contributed by atoms with E-state index in [-0.39, 0.29) is 18.9 Å². The number of hydrogen-bond acceptors (Lipinski definition) is 6. The largest absolute Gasteiger partial charge is 0.467 e. The maximum atomic E-state index is 13.8. The van der Waals surface area contributed by atoms with Gasteiger partial charge < -0.3 is 20.3 Å². The SMILES string of the molecule is COC(=O)[C@@H]1C[C@]2(C=C(c3cccc(Cl)c3)NO2)CN1C(=O)[C@@H](NC(=O)NC(C)(C)C)C(C)(C)C. The summed E-state index contributed by atoms with van der Waals surface area (Å²) < 4.78 is 5.01. The fraction of sp³-hybridized carbons (Fsp3) is 0.560. The molecule has 1 spiro atoms. The molecule has 1 aromatic carbocycles. The van der Waals surface area contributed by atoms with Crippen LogP contribution in [-0.4, -0.2) is 59.7 Å². The van der Waals surface area contributed by atoms with Gasteiger partial charge in [0.25, 0.3) is 0 Å². The second kappa shape index (κ2) is 9.70. The molecule has 0 unspecified atom stereocenters. The molecule has 2 heterocycles. The molecule has 0 aromatic heterocycles. The number of nitrogens with one attached hydrogen (secondary N) is 3. The minimum absolute atomic E-state index is 0.109. The summed E-state index contributed by atoms with van der Waals surface area (Å²) in [6.07, 6.45) is 2.07. The molecule has 1 aromatic rings. The van der Waals surface area contributed by atoms with E-state index in [0.29, 0.717) is 10.7 Å². The van der Waals surface area contributed by atoms with Crippen molar-refractivity contribution < 1.29 is 24.0 Å². The lowest BCUT2D eigenvalue weighted by Crippen LogP contribution is -2.60. The molecule has 1 fully saturated rings. The predicted octanol–water partition coefficient (Wildman–Crippen LogP) is 3.24. The Morgan fingerprint density at radius 1 is 1.23 bits per heavy atom. The molecular weight excluding hydrogens is 472 g/mol. The molecule has 35 heavy (non-hydrogen) atoms. The van der Waals surface area contributed by atoms with Gasteiger partial charge in [0, 0.05) is 22.5 Å². The number of carbonyl (C=O) groups is 3. The standard InChI is InChI=1S/C25H35ClN4O5/c1-23(2,3)19(27-22(33)28-24(4,5)6)20(31)30-14-25(13-18(30)21(32)34-7)12-17(29-35-25)15-9-8-10-16(26)11-15/h8-12,18-19,29H,13-14H2,1-7H3,(H2,27,28,33)/t18-,19+,25+/m0/s1. The van der Waals surface area contributed by atoms with Gasteiger partial charge in [-0.2, -0.15) is 0 Å². The van der Waals surface area contributed by atoms with Gasteiger partial charge in [0.15, 0.2) is 0 Å². The van der Waals surface area contributed by atoms with E-state index >= 15 is 0 Å². The lowest BCUT2D eigenvalue weighted by molar-refractivity contribution is -0.152. The molecule has 10 heteroatoms.